The Morgan fingerprint density at radius 3 is 2.71 bits per heavy atom. The monoisotopic (exact) mass is 187 g/mol. The molecule has 1 N–H and O–H groups in total. The van der Waals surface area contributed by atoms with Crippen LogP contribution < -0.4 is 5.32 Å². The van der Waals surface area contributed by atoms with E-state index < -0.39 is 0 Å². The third-order valence-corrected chi connectivity index (χ3v) is 1.93. The second-order valence-corrected chi connectivity index (χ2v) is 3.11. The van der Waals surface area contributed by atoms with Crippen LogP contribution in [0, 0.1) is 0 Å². The average molecular weight is 187 g/mol. The predicted octanol–water partition coefficient (Wildman–Crippen LogP) is 2.91. The van der Waals surface area contributed by atoms with E-state index in [9.17, 15) is 0 Å². The molecule has 0 aliphatic carbocycles. The lowest BCUT2D eigenvalue weighted by molar-refractivity contribution is 0.695. The van der Waals surface area contributed by atoms with Crippen molar-refractivity contribution < 1.29 is 0 Å². The van der Waals surface area contributed by atoms with Crippen molar-refractivity contribution in [3.05, 3.63) is 60.7 Å². The van der Waals surface area contributed by atoms with Crippen molar-refractivity contribution >= 4 is 0 Å². The molecule has 0 bridgehead atoms. The molecule has 0 unspecified atom stereocenters. The Labute approximate surface area is 86.2 Å². The third-order valence-electron chi connectivity index (χ3n) is 1.93. The van der Waals surface area contributed by atoms with Crippen molar-refractivity contribution in [3.8, 4) is 0 Å². The first-order valence-corrected chi connectivity index (χ1v) is 4.95. The number of rotatable bonds is 6. The Kier molecular flexibility index (Phi) is 5.45. The van der Waals surface area contributed by atoms with Gasteiger partial charge in [-0.25, -0.2) is 0 Å². The smallest absolute Gasteiger partial charge is 0.0205 e. The minimum Gasteiger partial charge on any atom is -0.312 e. The summed E-state index contributed by atoms with van der Waals surface area (Å²) in [7, 11) is 0. The lowest BCUT2D eigenvalue weighted by Crippen LogP contribution is -2.13. The lowest BCUT2D eigenvalue weighted by atomic mass is 10.2. The Bertz CT molecular complexity index is 275. The van der Waals surface area contributed by atoms with Gasteiger partial charge in [0.2, 0.25) is 0 Å². The van der Waals surface area contributed by atoms with Crippen LogP contribution in [0.15, 0.2) is 55.1 Å². The number of hydrogen-bond acceptors (Lipinski definition) is 1. The fraction of sp³-hybridized carbons (Fsp3) is 0.231. The average Bonchev–Trinajstić information content (AvgIpc) is 2.25. The topological polar surface area (TPSA) is 12.0 Å². The molecule has 74 valence electrons. The van der Waals surface area contributed by atoms with Gasteiger partial charge in [0.05, 0.1) is 0 Å². The molecule has 1 heteroatoms. The molecular weight excluding hydrogens is 170 g/mol. The highest BCUT2D eigenvalue weighted by Crippen LogP contribution is 1.96. The highest BCUT2D eigenvalue weighted by molar-refractivity contribution is 5.14. The van der Waals surface area contributed by atoms with Gasteiger partial charge in [0.1, 0.15) is 0 Å². The van der Waals surface area contributed by atoms with E-state index in [1.807, 2.05) is 12.1 Å². The second-order valence-electron chi connectivity index (χ2n) is 3.11. The van der Waals surface area contributed by atoms with Crippen LogP contribution in [0.5, 0.6) is 0 Å². The highest BCUT2D eigenvalue weighted by Gasteiger charge is 1.88. The zero-order valence-electron chi connectivity index (χ0n) is 8.45. The molecule has 1 aromatic rings. The summed E-state index contributed by atoms with van der Waals surface area (Å²) in [6.07, 6.45) is 6.95. The molecule has 0 atom stereocenters. The maximum atomic E-state index is 3.62. The summed E-state index contributed by atoms with van der Waals surface area (Å²) < 4.78 is 0. The van der Waals surface area contributed by atoms with Crippen LogP contribution in [0.25, 0.3) is 0 Å². The molecular formula is C13H17N. The summed E-state index contributed by atoms with van der Waals surface area (Å²) in [6, 6.07) is 10.4. The highest BCUT2D eigenvalue weighted by atomic mass is 14.8. The van der Waals surface area contributed by atoms with Gasteiger partial charge in [0.15, 0.2) is 0 Å². The molecule has 14 heavy (non-hydrogen) atoms. The Balaban J connectivity index is 2.10. The predicted molar refractivity (Wildman–Crippen MR) is 62.1 cm³/mol. The van der Waals surface area contributed by atoms with Gasteiger partial charge in [-0.05, 0) is 18.5 Å². The van der Waals surface area contributed by atoms with E-state index in [1.165, 1.54) is 5.56 Å². The number of benzene rings is 1. The first-order valence-electron chi connectivity index (χ1n) is 4.95. The largest absolute Gasteiger partial charge is 0.312 e. The van der Waals surface area contributed by atoms with E-state index in [0.29, 0.717) is 0 Å². The molecule has 0 radical (unpaired) electrons. The zero-order valence-corrected chi connectivity index (χ0v) is 8.45. The van der Waals surface area contributed by atoms with Gasteiger partial charge in [-0.2, -0.15) is 0 Å². The summed E-state index contributed by atoms with van der Waals surface area (Å²) in [5, 5.41) is 3.38. The number of hydrogen-bond donors (Lipinski definition) is 1. The summed E-state index contributed by atoms with van der Waals surface area (Å²) in [5.74, 6) is 0. The van der Waals surface area contributed by atoms with E-state index >= 15 is 0 Å². The summed E-state index contributed by atoms with van der Waals surface area (Å²) in [6.45, 7) is 5.58. The normalized spacial score (nSPS) is 10.6. The maximum Gasteiger partial charge on any atom is 0.0205 e. The molecule has 0 saturated carbocycles. The van der Waals surface area contributed by atoms with Crippen molar-refractivity contribution in [3.63, 3.8) is 0 Å². The van der Waals surface area contributed by atoms with Gasteiger partial charge in [0.25, 0.3) is 0 Å². The van der Waals surface area contributed by atoms with Gasteiger partial charge < -0.3 is 5.32 Å². The Morgan fingerprint density at radius 1 is 1.21 bits per heavy atom. The minimum absolute atomic E-state index is 0.947. The molecule has 1 aromatic carbocycles. The second kappa shape index (κ2) is 7.10. The van der Waals surface area contributed by atoms with Crippen LogP contribution in [0.3, 0.4) is 0 Å². The van der Waals surface area contributed by atoms with Crippen LogP contribution in [-0.4, -0.2) is 6.54 Å². The lowest BCUT2D eigenvalue weighted by Gasteiger charge is -2.02. The number of nitrogens with one attached hydrogen (secondary N) is 1. The summed E-state index contributed by atoms with van der Waals surface area (Å²) in [5.41, 5.74) is 1.33. The fourth-order valence-electron chi connectivity index (χ4n) is 1.21. The first-order chi connectivity index (χ1) is 6.93. The SMILES string of the molecule is C=CC=CCCNCc1ccccc1. The van der Waals surface area contributed by atoms with Crippen molar-refractivity contribution in [2.75, 3.05) is 6.54 Å². The number of allylic oxidation sites excluding steroid dienone is 2. The zero-order chi connectivity index (χ0) is 10.1. The molecule has 0 aliphatic rings. The van der Waals surface area contributed by atoms with Gasteiger partial charge >= 0.3 is 0 Å². The van der Waals surface area contributed by atoms with Crippen molar-refractivity contribution in [2.24, 2.45) is 0 Å². The molecule has 0 fully saturated rings. The van der Waals surface area contributed by atoms with Crippen molar-refractivity contribution in [1.29, 1.82) is 0 Å². The molecule has 0 aliphatic heterocycles. The van der Waals surface area contributed by atoms with Crippen molar-refractivity contribution in [1.82, 2.24) is 5.32 Å². The van der Waals surface area contributed by atoms with Gasteiger partial charge in [-0.1, -0.05) is 55.1 Å². The van der Waals surface area contributed by atoms with Gasteiger partial charge in [-0.15, -0.1) is 0 Å². The molecule has 0 saturated heterocycles. The molecule has 1 nitrogen and oxygen atoms in total. The summed E-state index contributed by atoms with van der Waals surface area (Å²) >= 11 is 0. The van der Waals surface area contributed by atoms with Crippen LogP contribution in [0.1, 0.15) is 12.0 Å². The Morgan fingerprint density at radius 2 is 2.00 bits per heavy atom. The van der Waals surface area contributed by atoms with E-state index in [2.05, 4.69) is 42.2 Å². The van der Waals surface area contributed by atoms with Crippen LogP contribution in [0.2, 0.25) is 0 Å². The van der Waals surface area contributed by atoms with Crippen LogP contribution >= 0.6 is 0 Å². The third kappa shape index (κ3) is 4.63. The Hall–Kier alpha value is -1.34. The van der Waals surface area contributed by atoms with Crippen LogP contribution in [-0.2, 0) is 6.54 Å². The first kappa shape index (κ1) is 10.7. The van der Waals surface area contributed by atoms with E-state index in [0.717, 1.165) is 19.5 Å². The maximum absolute atomic E-state index is 3.62. The summed E-state index contributed by atoms with van der Waals surface area (Å²) in [4.78, 5) is 0. The van der Waals surface area contributed by atoms with E-state index in [-0.39, 0.29) is 0 Å². The van der Waals surface area contributed by atoms with E-state index in [1.54, 1.807) is 6.08 Å². The van der Waals surface area contributed by atoms with Crippen LogP contribution in [0.4, 0.5) is 0 Å². The molecule has 0 amide bonds. The molecule has 1 rings (SSSR count). The standard InChI is InChI=1S/C13H17N/c1-2-3-4-8-11-14-12-13-9-6-5-7-10-13/h2-7,9-10,14H,1,8,11-12H2. The fourth-order valence-corrected chi connectivity index (χ4v) is 1.21. The molecule has 0 spiro atoms. The molecule has 0 heterocycles. The van der Waals surface area contributed by atoms with Gasteiger partial charge in [0, 0.05) is 6.54 Å². The minimum atomic E-state index is 0.947. The van der Waals surface area contributed by atoms with Crippen molar-refractivity contribution in [2.45, 2.75) is 13.0 Å². The molecule has 0 aromatic heterocycles. The van der Waals surface area contributed by atoms with Gasteiger partial charge in [-0.3, -0.25) is 0 Å². The van der Waals surface area contributed by atoms with E-state index in [4.69, 9.17) is 0 Å². The quantitative estimate of drug-likeness (QED) is 0.533.